The summed E-state index contributed by atoms with van der Waals surface area (Å²) in [7, 11) is 0. The molecule has 1 heterocycles. The van der Waals surface area contributed by atoms with Gasteiger partial charge in [-0.25, -0.2) is 4.98 Å². The Morgan fingerprint density at radius 1 is 0.692 bits per heavy atom. The van der Waals surface area contributed by atoms with Crippen molar-refractivity contribution in [3.63, 3.8) is 0 Å². The first-order valence-electron chi connectivity index (χ1n) is 8.99. The van der Waals surface area contributed by atoms with Crippen LogP contribution in [-0.4, -0.2) is 4.98 Å². The maximum absolute atomic E-state index is 4.94. The summed E-state index contributed by atoms with van der Waals surface area (Å²) in [6.07, 6.45) is 4.37. The predicted octanol–water partition coefficient (Wildman–Crippen LogP) is 6.67. The first-order chi connectivity index (χ1) is 12.7. The molecule has 26 heavy (non-hydrogen) atoms. The number of benzene rings is 3. The number of pyridine rings is 1. The Hall–Kier alpha value is -3.19. The van der Waals surface area contributed by atoms with E-state index in [0.29, 0.717) is 0 Å². The Morgan fingerprint density at radius 2 is 1.50 bits per heavy atom. The van der Waals surface area contributed by atoms with Gasteiger partial charge in [-0.3, -0.25) is 0 Å². The summed E-state index contributed by atoms with van der Waals surface area (Å²) in [5.41, 5.74) is 10.9. The molecule has 4 aromatic rings. The molecule has 0 spiro atoms. The molecule has 0 amide bonds. The summed E-state index contributed by atoms with van der Waals surface area (Å²) in [5, 5.41) is 1.27. The Labute approximate surface area is 153 Å². The van der Waals surface area contributed by atoms with Gasteiger partial charge in [0.1, 0.15) is 0 Å². The lowest BCUT2D eigenvalue weighted by molar-refractivity contribution is 1.37. The van der Waals surface area contributed by atoms with Crippen LogP contribution in [0.25, 0.3) is 45.4 Å². The van der Waals surface area contributed by atoms with Crippen LogP contribution in [-0.2, 0) is 0 Å². The Balaban J connectivity index is 1.66. The smallest absolute Gasteiger partial charge is 0.0721 e. The van der Waals surface area contributed by atoms with Gasteiger partial charge in [0.25, 0.3) is 0 Å². The zero-order chi connectivity index (χ0) is 17.7. The van der Waals surface area contributed by atoms with Gasteiger partial charge in [-0.1, -0.05) is 66.2 Å². The molecule has 0 saturated carbocycles. The zero-order valence-corrected chi connectivity index (χ0v) is 15.0. The third-order valence-electron chi connectivity index (χ3n) is 5.19. The summed E-state index contributed by atoms with van der Waals surface area (Å²) >= 11 is 0. The first kappa shape index (κ1) is 15.1. The fourth-order valence-corrected chi connectivity index (χ4v) is 3.93. The third kappa shape index (κ3) is 2.36. The lowest BCUT2D eigenvalue weighted by atomic mass is 9.96. The van der Waals surface area contributed by atoms with E-state index in [2.05, 4.69) is 92.7 Å². The molecular formula is C25H19N. The minimum atomic E-state index is 1.03. The molecule has 1 aromatic heterocycles. The highest BCUT2D eigenvalue weighted by Gasteiger charge is 2.13. The van der Waals surface area contributed by atoms with Crippen molar-refractivity contribution in [2.24, 2.45) is 0 Å². The molecule has 3 aromatic carbocycles. The molecular weight excluding hydrogens is 314 g/mol. The fourth-order valence-electron chi connectivity index (χ4n) is 3.93. The van der Waals surface area contributed by atoms with Crippen LogP contribution in [0.1, 0.15) is 22.3 Å². The van der Waals surface area contributed by atoms with E-state index in [1.807, 2.05) is 0 Å². The van der Waals surface area contributed by atoms with E-state index in [9.17, 15) is 0 Å². The summed E-state index contributed by atoms with van der Waals surface area (Å²) < 4.78 is 0. The highest BCUT2D eigenvalue weighted by atomic mass is 14.7. The Bertz CT molecular complexity index is 1200. The molecule has 0 aliphatic heterocycles. The molecule has 1 nitrogen and oxygen atoms in total. The van der Waals surface area contributed by atoms with Crippen molar-refractivity contribution >= 4 is 23.1 Å². The largest absolute Gasteiger partial charge is 0.248 e. The van der Waals surface area contributed by atoms with Gasteiger partial charge >= 0.3 is 0 Å². The summed E-state index contributed by atoms with van der Waals surface area (Å²) in [6.45, 7) is 4.31. The average Bonchev–Trinajstić information content (AvgIpc) is 3.07. The summed E-state index contributed by atoms with van der Waals surface area (Å²) in [4.78, 5) is 4.94. The molecule has 124 valence electrons. The molecule has 1 heteroatoms. The van der Waals surface area contributed by atoms with Crippen LogP contribution >= 0.6 is 0 Å². The standard InChI is InChI=1S/C25H19N/c1-16-9-12-22(17(2)13-16)19-6-3-7-20(14-19)24-15-21-11-10-18-5-4-8-23(26-24)25(18)21/h3-15H,1-2H3. The van der Waals surface area contributed by atoms with Crippen LogP contribution in [0.3, 0.4) is 0 Å². The van der Waals surface area contributed by atoms with E-state index < -0.39 is 0 Å². The van der Waals surface area contributed by atoms with Crippen molar-refractivity contribution < 1.29 is 0 Å². The normalized spacial score (nSPS) is 12.1. The van der Waals surface area contributed by atoms with E-state index in [0.717, 1.165) is 16.8 Å². The van der Waals surface area contributed by atoms with Crippen molar-refractivity contribution in [2.75, 3.05) is 0 Å². The van der Waals surface area contributed by atoms with Crippen molar-refractivity contribution in [1.82, 2.24) is 4.98 Å². The number of hydrogen-bond acceptors (Lipinski definition) is 1. The quantitative estimate of drug-likeness (QED) is 0.351. The second-order valence-corrected chi connectivity index (χ2v) is 7.07. The topological polar surface area (TPSA) is 12.9 Å². The van der Waals surface area contributed by atoms with Gasteiger partial charge in [-0.2, -0.15) is 0 Å². The zero-order valence-electron chi connectivity index (χ0n) is 15.0. The van der Waals surface area contributed by atoms with Gasteiger partial charge in [-0.15, -0.1) is 0 Å². The molecule has 5 rings (SSSR count). The van der Waals surface area contributed by atoms with E-state index in [4.69, 9.17) is 4.98 Å². The van der Waals surface area contributed by atoms with Crippen molar-refractivity contribution in [2.45, 2.75) is 13.8 Å². The second kappa shape index (κ2) is 5.67. The maximum atomic E-state index is 4.94. The van der Waals surface area contributed by atoms with E-state index in [-0.39, 0.29) is 0 Å². The van der Waals surface area contributed by atoms with E-state index in [1.54, 1.807) is 0 Å². The highest BCUT2D eigenvalue weighted by Crippen LogP contribution is 2.34. The van der Waals surface area contributed by atoms with Gasteiger partial charge in [-0.05, 0) is 59.9 Å². The minimum absolute atomic E-state index is 1.03. The van der Waals surface area contributed by atoms with Crippen LogP contribution < -0.4 is 0 Å². The molecule has 0 radical (unpaired) electrons. The van der Waals surface area contributed by atoms with Gasteiger partial charge in [0.05, 0.1) is 11.2 Å². The molecule has 1 aliphatic carbocycles. The summed E-state index contributed by atoms with van der Waals surface area (Å²) in [5.74, 6) is 0. The van der Waals surface area contributed by atoms with Gasteiger partial charge < -0.3 is 0 Å². The van der Waals surface area contributed by atoms with Crippen molar-refractivity contribution in [1.29, 1.82) is 0 Å². The average molecular weight is 333 g/mol. The van der Waals surface area contributed by atoms with Crippen LogP contribution in [0.2, 0.25) is 0 Å². The number of hydrogen-bond donors (Lipinski definition) is 0. The van der Waals surface area contributed by atoms with Gasteiger partial charge in [0.15, 0.2) is 0 Å². The lowest BCUT2D eigenvalue weighted by Gasteiger charge is -2.10. The summed E-state index contributed by atoms with van der Waals surface area (Å²) in [6, 6.07) is 23.9. The molecule has 0 N–H and O–H groups in total. The third-order valence-corrected chi connectivity index (χ3v) is 5.19. The van der Waals surface area contributed by atoms with Crippen LogP contribution in [0.15, 0.2) is 66.7 Å². The first-order valence-corrected chi connectivity index (χ1v) is 8.99. The highest BCUT2D eigenvalue weighted by molar-refractivity contribution is 6.04. The fraction of sp³-hybridized carbons (Fsp3) is 0.0800. The molecule has 0 fully saturated rings. The van der Waals surface area contributed by atoms with E-state index in [1.165, 1.54) is 38.8 Å². The van der Waals surface area contributed by atoms with Gasteiger partial charge in [0, 0.05) is 10.9 Å². The molecule has 0 bridgehead atoms. The minimum Gasteiger partial charge on any atom is -0.248 e. The Kier molecular flexibility index (Phi) is 3.29. The second-order valence-electron chi connectivity index (χ2n) is 7.07. The SMILES string of the molecule is Cc1ccc(-c2cccc(-c3cc4c5c(cccc5n3)C=C4)c2)c(C)c1. The monoisotopic (exact) mass is 333 g/mol. The number of nitrogens with zero attached hydrogens (tertiary/aromatic N) is 1. The van der Waals surface area contributed by atoms with Gasteiger partial charge in [0.2, 0.25) is 0 Å². The van der Waals surface area contributed by atoms with Crippen LogP contribution in [0.4, 0.5) is 0 Å². The van der Waals surface area contributed by atoms with Crippen LogP contribution in [0, 0.1) is 13.8 Å². The molecule has 1 aliphatic rings. The Morgan fingerprint density at radius 3 is 2.38 bits per heavy atom. The number of aromatic nitrogens is 1. The van der Waals surface area contributed by atoms with E-state index >= 15 is 0 Å². The molecule has 0 atom stereocenters. The van der Waals surface area contributed by atoms with Crippen LogP contribution in [0.5, 0.6) is 0 Å². The number of aryl methyl sites for hydroxylation is 2. The molecule has 0 unspecified atom stereocenters. The number of rotatable bonds is 2. The predicted molar refractivity (Wildman–Crippen MR) is 111 cm³/mol. The lowest BCUT2D eigenvalue weighted by Crippen LogP contribution is -1.90. The maximum Gasteiger partial charge on any atom is 0.0721 e. The van der Waals surface area contributed by atoms with Crippen molar-refractivity contribution in [3.8, 4) is 22.4 Å². The molecule has 0 saturated heterocycles. The van der Waals surface area contributed by atoms with Crippen molar-refractivity contribution in [3.05, 3.63) is 89.0 Å².